The number of likely N-dealkylation sites (tertiary alicyclic amines) is 1. The van der Waals surface area contributed by atoms with Crippen molar-refractivity contribution in [1.29, 1.82) is 0 Å². The first kappa shape index (κ1) is 19.9. The number of anilines is 1. The van der Waals surface area contributed by atoms with Crippen LogP contribution in [-0.2, 0) is 0 Å². The Kier molecular flexibility index (Phi) is 5.87. The number of thiol groups is 1. The van der Waals surface area contributed by atoms with Crippen molar-refractivity contribution in [1.82, 2.24) is 19.9 Å². The summed E-state index contributed by atoms with van der Waals surface area (Å²) in [6.07, 6.45) is 6.33. The molecule has 0 aliphatic carbocycles. The lowest BCUT2D eigenvalue weighted by Crippen LogP contribution is -2.33. The molecule has 1 aliphatic rings. The summed E-state index contributed by atoms with van der Waals surface area (Å²) < 4.78 is 0. The Balaban J connectivity index is 1.51. The first-order valence-electron chi connectivity index (χ1n) is 10.1. The highest BCUT2D eigenvalue weighted by atomic mass is 32.1. The van der Waals surface area contributed by atoms with Crippen LogP contribution in [0, 0.1) is 5.92 Å². The predicted molar refractivity (Wildman–Crippen MR) is 124 cm³/mol. The largest absolute Gasteiger partial charge is 0.354 e. The fourth-order valence-electron chi connectivity index (χ4n) is 3.76. The van der Waals surface area contributed by atoms with Crippen LogP contribution < -0.4 is 5.32 Å². The van der Waals surface area contributed by atoms with Gasteiger partial charge in [0.25, 0.3) is 0 Å². The summed E-state index contributed by atoms with van der Waals surface area (Å²) in [7, 11) is 2.19. The lowest BCUT2D eigenvalue weighted by molar-refractivity contribution is 0.226. The summed E-state index contributed by atoms with van der Waals surface area (Å²) >= 11 is 4.61. The minimum atomic E-state index is 0.683. The zero-order valence-corrected chi connectivity index (χ0v) is 18.1. The third kappa shape index (κ3) is 4.62. The van der Waals surface area contributed by atoms with Crippen LogP contribution in [0.1, 0.15) is 26.7 Å². The van der Waals surface area contributed by atoms with Gasteiger partial charge in [-0.2, -0.15) is 4.98 Å². The smallest absolute Gasteiger partial charge is 0.224 e. The molecule has 0 unspecified atom stereocenters. The van der Waals surface area contributed by atoms with E-state index >= 15 is 0 Å². The van der Waals surface area contributed by atoms with Crippen LogP contribution >= 0.6 is 12.6 Å². The average molecular weight is 409 g/mol. The van der Waals surface area contributed by atoms with Crippen LogP contribution in [0.5, 0.6) is 0 Å². The summed E-state index contributed by atoms with van der Waals surface area (Å²) in [5.74, 6) is 1.37. The van der Waals surface area contributed by atoms with Gasteiger partial charge in [0, 0.05) is 40.5 Å². The minimum Gasteiger partial charge on any atom is -0.354 e. The first-order valence-corrected chi connectivity index (χ1v) is 10.6. The maximum atomic E-state index is 4.67. The molecular weight excluding hydrogens is 380 g/mol. The Labute approximate surface area is 177 Å². The molecule has 6 nitrogen and oxygen atoms in total. The SMILES string of the molecule is CC(C)=Nc1ccc(-c2c[nH]c3nc(NCC4CCN(C)CC4)ncc23)cc1S. The normalized spacial score (nSPS) is 15.6. The van der Waals surface area contributed by atoms with Crippen molar-refractivity contribution in [2.75, 3.05) is 32.0 Å². The molecule has 0 amide bonds. The summed E-state index contributed by atoms with van der Waals surface area (Å²) in [5, 5.41) is 4.42. The van der Waals surface area contributed by atoms with E-state index < -0.39 is 0 Å². The molecule has 0 radical (unpaired) electrons. The number of aliphatic imine (C=N–C) groups is 1. The number of benzene rings is 1. The molecule has 0 saturated carbocycles. The summed E-state index contributed by atoms with van der Waals surface area (Å²) in [6.45, 7) is 7.23. The molecule has 1 aromatic carbocycles. The number of nitrogens with zero attached hydrogens (tertiary/aromatic N) is 4. The van der Waals surface area contributed by atoms with Gasteiger partial charge in [0.2, 0.25) is 5.95 Å². The standard InChI is InChI=1S/C22H28N6S/c1-14(2)26-19-5-4-16(10-20(19)29)17-12-23-21-18(17)13-25-22(27-21)24-11-15-6-8-28(3)9-7-15/h4-5,10,12-13,15,29H,6-9,11H2,1-3H3,(H2,23,24,25,27). The fourth-order valence-corrected chi connectivity index (χ4v) is 4.02. The van der Waals surface area contributed by atoms with E-state index in [1.807, 2.05) is 38.4 Å². The lowest BCUT2D eigenvalue weighted by atomic mass is 9.97. The monoisotopic (exact) mass is 408 g/mol. The van der Waals surface area contributed by atoms with Crippen molar-refractivity contribution >= 4 is 41.0 Å². The third-order valence-electron chi connectivity index (χ3n) is 5.45. The van der Waals surface area contributed by atoms with Gasteiger partial charge in [0.1, 0.15) is 5.65 Å². The number of H-pyrrole nitrogens is 1. The molecular formula is C22H28N6S. The molecule has 152 valence electrons. The van der Waals surface area contributed by atoms with Crippen LogP contribution in [0.4, 0.5) is 11.6 Å². The van der Waals surface area contributed by atoms with E-state index in [0.717, 1.165) is 45.0 Å². The highest BCUT2D eigenvalue weighted by molar-refractivity contribution is 7.80. The van der Waals surface area contributed by atoms with E-state index in [-0.39, 0.29) is 0 Å². The number of aromatic nitrogens is 3. The number of aromatic amines is 1. The van der Waals surface area contributed by atoms with Crippen LogP contribution in [0.3, 0.4) is 0 Å². The van der Waals surface area contributed by atoms with Crippen LogP contribution in [0.15, 0.2) is 40.5 Å². The van der Waals surface area contributed by atoms with E-state index in [4.69, 9.17) is 0 Å². The second-order valence-electron chi connectivity index (χ2n) is 8.05. The molecule has 7 heteroatoms. The van der Waals surface area contributed by atoms with E-state index in [2.05, 4.69) is 55.9 Å². The maximum Gasteiger partial charge on any atom is 0.224 e. The minimum absolute atomic E-state index is 0.683. The van der Waals surface area contributed by atoms with Crippen molar-refractivity contribution < 1.29 is 0 Å². The van der Waals surface area contributed by atoms with Crippen LogP contribution in [0.2, 0.25) is 0 Å². The van der Waals surface area contributed by atoms with Crippen molar-refractivity contribution in [3.63, 3.8) is 0 Å². The average Bonchev–Trinajstić information content (AvgIpc) is 3.12. The molecule has 3 heterocycles. The second kappa shape index (κ2) is 8.55. The number of rotatable bonds is 5. The number of fused-ring (bicyclic) bond motifs is 1. The van der Waals surface area contributed by atoms with Crippen LogP contribution in [0.25, 0.3) is 22.2 Å². The Hall–Kier alpha value is -2.38. The molecule has 1 fully saturated rings. The fraction of sp³-hybridized carbons (Fsp3) is 0.409. The Morgan fingerprint density at radius 1 is 1.31 bits per heavy atom. The Morgan fingerprint density at radius 3 is 2.83 bits per heavy atom. The molecule has 4 rings (SSSR count). The quantitative estimate of drug-likeness (QED) is 0.420. The lowest BCUT2D eigenvalue weighted by Gasteiger charge is -2.28. The van der Waals surface area contributed by atoms with Gasteiger partial charge in [-0.15, -0.1) is 12.6 Å². The van der Waals surface area contributed by atoms with E-state index in [9.17, 15) is 0 Å². The van der Waals surface area contributed by atoms with Gasteiger partial charge in [0.05, 0.1) is 5.69 Å². The zero-order chi connectivity index (χ0) is 20.4. The van der Waals surface area contributed by atoms with Crippen molar-refractivity contribution in [2.24, 2.45) is 10.9 Å². The number of nitrogens with one attached hydrogen (secondary N) is 2. The highest BCUT2D eigenvalue weighted by Crippen LogP contribution is 2.33. The summed E-state index contributed by atoms with van der Waals surface area (Å²) in [5.41, 5.74) is 4.88. The van der Waals surface area contributed by atoms with Gasteiger partial charge in [-0.25, -0.2) is 4.98 Å². The molecule has 2 N–H and O–H groups in total. The number of piperidine rings is 1. The molecule has 3 aromatic rings. The van der Waals surface area contributed by atoms with Gasteiger partial charge < -0.3 is 15.2 Å². The van der Waals surface area contributed by atoms with E-state index in [0.29, 0.717) is 11.9 Å². The van der Waals surface area contributed by atoms with Crippen molar-refractivity contribution in [3.05, 3.63) is 30.6 Å². The molecule has 0 bridgehead atoms. The highest BCUT2D eigenvalue weighted by Gasteiger charge is 2.17. The Morgan fingerprint density at radius 2 is 2.10 bits per heavy atom. The zero-order valence-electron chi connectivity index (χ0n) is 17.2. The van der Waals surface area contributed by atoms with Crippen LogP contribution in [-0.4, -0.2) is 52.2 Å². The van der Waals surface area contributed by atoms with E-state index in [1.54, 1.807) is 0 Å². The number of hydrogen-bond donors (Lipinski definition) is 3. The number of hydrogen-bond acceptors (Lipinski definition) is 6. The molecule has 29 heavy (non-hydrogen) atoms. The first-order chi connectivity index (χ1) is 14.0. The molecule has 0 atom stereocenters. The molecule has 2 aromatic heterocycles. The van der Waals surface area contributed by atoms with Gasteiger partial charge in [-0.05, 0) is 70.4 Å². The van der Waals surface area contributed by atoms with E-state index in [1.165, 1.54) is 25.9 Å². The van der Waals surface area contributed by atoms with Crippen molar-refractivity contribution in [3.8, 4) is 11.1 Å². The van der Waals surface area contributed by atoms with Crippen molar-refractivity contribution in [2.45, 2.75) is 31.6 Å². The molecule has 0 spiro atoms. The van der Waals surface area contributed by atoms with Gasteiger partial charge in [-0.1, -0.05) is 6.07 Å². The third-order valence-corrected chi connectivity index (χ3v) is 5.81. The Bertz CT molecular complexity index is 1030. The molecule has 1 aliphatic heterocycles. The van der Waals surface area contributed by atoms with Gasteiger partial charge in [-0.3, -0.25) is 4.99 Å². The topological polar surface area (TPSA) is 69.2 Å². The predicted octanol–water partition coefficient (Wildman–Crippen LogP) is 4.78. The second-order valence-corrected chi connectivity index (χ2v) is 8.53. The summed E-state index contributed by atoms with van der Waals surface area (Å²) in [6, 6.07) is 6.11. The molecule has 1 saturated heterocycles. The van der Waals surface area contributed by atoms with Gasteiger partial charge >= 0.3 is 0 Å². The van der Waals surface area contributed by atoms with Gasteiger partial charge in [0.15, 0.2) is 0 Å². The summed E-state index contributed by atoms with van der Waals surface area (Å²) in [4.78, 5) is 20.3. The maximum absolute atomic E-state index is 4.67.